The molecule has 0 unspecified atom stereocenters. The molecule has 12 heteroatoms. The van der Waals surface area contributed by atoms with Crippen molar-refractivity contribution in [1.29, 1.82) is 0 Å². The number of nitrogens with zero attached hydrogens (tertiary/aromatic N) is 2. The van der Waals surface area contributed by atoms with Crippen LogP contribution in [0.1, 0.15) is 33.7 Å². The summed E-state index contributed by atoms with van der Waals surface area (Å²) < 4.78 is 46.9. The third-order valence-electron chi connectivity index (χ3n) is 7.51. The third kappa shape index (κ3) is 5.96. The molecule has 1 fully saturated rings. The Morgan fingerprint density at radius 2 is 1.61 bits per heavy atom. The number of halogens is 2. The Kier molecular flexibility index (Phi) is 8.10. The van der Waals surface area contributed by atoms with Crippen LogP contribution in [0.5, 0.6) is 23.0 Å². The molecule has 3 aromatic carbocycles. The molecule has 0 atom stereocenters. The Morgan fingerprint density at radius 1 is 0.891 bits per heavy atom. The fourth-order valence-electron chi connectivity index (χ4n) is 5.05. The third-order valence-corrected chi connectivity index (χ3v) is 7.51. The van der Waals surface area contributed by atoms with Gasteiger partial charge in [0.2, 0.25) is 5.43 Å². The second kappa shape index (κ2) is 12.3. The van der Waals surface area contributed by atoms with Crippen molar-refractivity contribution in [1.82, 2.24) is 14.9 Å². The van der Waals surface area contributed by atoms with Crippen LogP contribution < -0.4 is 30.3 Å². The normalized spacial score (nSPS) is 12.5. The molecule has 6 rings (SSSR count). The van der Waals surface area contributed by atoms with E-state index >= 15 is 4.39 Å². The van der Waals surface area contributed by atoms with Crippen molar-refractivity contribution in [3.8, 4) is 34.1 Å². The molecule has 2 N–H and O–H groups in total. The molecule has 0 saturated heterocycles. The minimum atomic E-state index is -0.827. The number of benzene rings is 3. The zero-order valence-electron chi connectivity index (χ0n) is 25.0. The van der Waals surface area contributed by atoms with Crippen molar-refractivity contribution in [2.75, 3.05) is 19.5 Å². The number of rotatable bonds is 9. The molecule has 1 aliphatic rings. The van der Waals surface area contributed by atoms with Crippen LogP contribution >= 0.6 is 0 Å². The van der Waals surface area contributed by atoms with Crippen molar-refractivity contribution in [2.45, 2.75) is 18.9 Å². The van der Waals surface area contributed by atoms with Gasteiger partial charge in [0.25, 0.3) is 11.8 Å². The average molecular weight is 627 g/mol. The highest BCUT2D eigenvalue weighted by Gasteiger charge is 2.29. The van der Waals surface area contributed by atoms with E-state index in [1.54, 1.807) is 18.2 Å². The minimum absolute atomic E-state index is 0.0112. The van der Waals surface area contributed by atoms with Gasteiger partial charge in [-0.05, 0) is 54.8 Å². The molecule has 0 spiro atoms. The lowest BCUT2D eigenvalue weighted by Gasteiger charge is -2.16. The highest BCUT2D eigenvalue weighted by Crippen LogP contribution is 2.37. The fourth-order valence-corrected chi connectivity index (χ4v) is 5.05. The molecule has 0 bridgehead atoms. The fraction of sp³-hybridized carbons (Fsp3) is 0.176. The molecule has 10 nitrogen and oxygen atoms in total. The van der Waals surface area contributed by atoms with E-state index in [-0.39, 0.29) is 39.9 Å². The van der Waals surface area contributed by atoms with Gasteiger partial charge in [0.05, 0.1) is 25.3 Å². The molecule has 234 valence electrons. The summed E-state index contributed by atoms with van der Waals surface area (Å²) in [6, 6.07) is 13.8. The van der Waals surface area contributed by atoms with Gasteiger partial charge in [0.15, 0.2) is 23.1 Å². The van der Waals surface area contributed by atoms with Crippen molar-refractivity contribution < 1.29 is 32.6 Å². The van der Waals surface area contributed by atoms with Gasteiger partial charge in [0.1, 0.15) is 22.8 Å². The van der Waals surface area contributed by atoms with Crippen molar-refractivity contribution in [3.05, 3.63) is 106 Å². The summed E-state index contributed by atoms with van der Waals surface area (Å²) in [5.41, 5.74) is -0.184. The smallest absolute Gasteiger partial charge is 0.268 e. The molecule has 46 heavy (non-hydrogen) atoms. The Bertz CT molecular complexity index is 2060. The molecule has 2 aromatic heterocycles. The Hall–Kier alpha value is -5.78. The van der Waals surface area contributed by atoms with Crippen LogP contribution in [0.4, 0.5) is 14.5 Å². The van der Waals surface area contributed by atoms with Crippen molar-refractivity contribution >= 4 is 28.4 Å². The van der Waals surface area contributed by atoms with E-state index in [0.29, 0.717) is 28.2 Å². The lowest BCUT2D eigenvalue weighted by molar-refractivity contribution is 0.0940. The van der Waals surface area contributed by atoms with Crippen molar-refractivity contribution in [2.24, 2.45) is 7.05 Å². The van der Waals surface area contributed by atoms with E-state index in [1.165, 1.54) is 74.6 Å². The van der Waals surface area contributed by atoms with Crippen LogP contribution in [0.3, 0.4) is 0 Å². The molecule has 5 aromatic rings. The van der Waals surface area contributed by atoms with Gasteiger partial charge in [-0.1, -0.05) is 12.1 Å². The zero-order chi connectivity index (χ0) is 32.5. The quantitative estimate of drug-likeness (QED) is 0.211. The molecule has 0 radical (unpaired) electrons. The van der Waals surface area contributed by atoms with Gasteiger partial charge in [0, 0.05) is 48.7 Å². The number of hydrogen-bond donors (Lipinski definition) is 2. The number of aryl methyl sites for hydroxylation is 1. The lowest BCUT2D eigenvalue weighted by atomic mass is 9.99. The largest absolute Gasteiger partial charge is 0.493 e. The predicted octanol–water partition coefficient (Wildman–Crippen LogP) is 5.83. The summed E-state index contributed by atoms with van der Waals surface area (Å²) >= 11 is 0. The maximum absolute atomic E-state index is 15.3. The van der Waals surface area contributed by atoms with Gasteiger partial charge in [-0.3, -0.25) is 19.4 Å². The molecule has 0 aliphatic heterocycles. The summed E-state index contributed by atoms with van der Waals surface area (Å²) in [6.45, 7) is 0. The Balaban J connectivity index is 1.29. The van der Waals surface area contributed by atoms with E-state index in [4.69, 9.17) is 14.2 Å². The first-order chi connectivity index (χ1) is 22.2. The van der Waals surface area contributed by atoms with E-state index < -0.39 is 28.9 Å². The summed E-state index contributed by atoms with van der Waals surface area (Å²) in [5.74, 6) is -1.51. The van der Waals surface area contributed by atoms with Crippen molar-refractivity contribution in [3.63, 3.8) is 0 Å². The summed E-state index contributed by atoms with van der Waals surface area (Å²) in [7, 11) is 4.53. The average Bonchev–Trinajstić information content (AvgIpc) is 3.86. The van der Waals surface area contributed by atoms with Gasteiger partial charge in [-0.2, -0.15) is 0 Å². The number of pyridine rings is 2. The van der Waals surface area contributed by atoms with Crippen LogP contribution in [0.15, 0.2) is 77.9 Å². The SMILES string of the molecule is COc1cc2nccc(Oc3ccc(NC(=O)c4cn(C)c(C(=O)NC5CC5)c(-c5ccc(F)cc5)c4=O)cc3F)c2cc1OC. The van der Waals surface area contributed by atoms with E-state index in [0.717, 1.165) is 18.9 Å². The number of ether oxygens (including phenoxy) is 3. The number of nitrogens with one attached hydrogen (secondary N) is 2. The van der Waals surface area contributed by atoms with Crippen LogP contribution in [-0.2, 0) is 7.05 Å². The number of fused-ring (bicyclic) bond motifs is 1. The first kappa shape index (κ1) is 30.3. The second-order valence-corrected chi connectivity index (χ2v) is 10.7. The summed E-state index contributed by atoms with van der Waals surface area (Å²) in [5, 5.41) is 5.96. The Morgan fingerprint density at radius 3 is 2.28 bits per heavy atom. The number of carbonyl (C=O) groups is 2. The molecular formula is C34H28F2N4O6. The van der Waals surface area contributed by atoms with E-state index in [9.17, 15) is 18.8 Å². The predicted molar refractivity (Wildman–Crippen MR) is 167 cm³/mol. The number of aromatic nitrogens is 2. The standard InChI is InChI=1S/C34H28F2N4O6/c1-40-17-23(32(41)30(18-4-6-19(35)7-5-18)31(40)34(43)38-20-8-9-20)33(42)39-21-10-11-27(24(36)14-21)46-26-12-13-37-25-16-29(45-3)28(44-2)15-22(25)26/h4-7,10-17,20H,8-9H2,1-3H3,(H,38,43)(H,39,42). The van der Waals surface area contributed by atoms with Crippen LogP contribution in [0.2, 0.25) is 0 Å². The van der Waals surface area contributed by atoms with Gasteiger partial charge in [-0.25, -0.2) is 8.78 Å². The molecule has 1 aliphatic carbocycles. The Labute approximate surface area is 261 Å². The van der Waals surface area contributed by atoms with Gasteiger partial charge < -0.3 is 29.4 Å². The minimum Gasteiger partial charge on any atom is -0.493 e. The topological polar surface area (TPSA) is 121 Å². The summed E-state index contributed by atoms with van der Waals surface area (Å²) in [4.78, 5) is 44.5. The number of amides is 2. The van der Waals surface area contributed by atoms with Crippen LogP contribution in [-0.4, -0.2) is 41.6 Å². The lowest BCUT2D eigenvalue weighted by Crippen LogP contribution is -2.33. The molecular weight excluding hydrogens is 598 g/mol. The maximum atomic E-state index is 15.3. The van der Waals surface area contributed by atoms with Gasteiger partial charge in [-0.15, -0.1) is 0 Å². The first-order valence-electron chi connectivity index (χ1n) is 14.3. The highest BCUT2D eigenvalue weighted by molar-refractivity contribution is 6.07. The number of hydrogen-bond acceptors (Lipinski definition) is 7. The zero-order valence-corrected chi connectivity index (χ0v) is 25.0. The maximum Gasteiger partial charge on any atom is 0.268 e. The van der Waals surface area contributed by atoms with E-state index in [1.807, 2.05) is 0 Å². The number of anilines is 1. The van der Waals surface area contributed by atoms with Crippen LogP contribution in [0, 0.1) is 11.6 Å². The monoisotopic (exact) mass is 626 g/mol. The van der Waals surface area contributed by atoms with E-state index in [2.05, 4.69) is 15.6 Å². The second-order valence-electron chi connectivity index (χ2n) is 10.7. The number of carbonyl (C=O) groups excluding carboxylic acids is 2. The molecule has 2 amide bonds. The highest BCUT2D eigenvalue weighted by atomic mass is 19.1. The number of methoxy groups -OCH3 is 2. The summed E-state index contributed by atoms with van der Waals surface area (Å²) in [6.07, 6.45) is 4.42. The van der Waals surface area contributed by atoms with Gasteiger partial charge >= 0.3 is 0 Å². The molecule has 2 heterocycles. The first-order valence-corrected chi connectivity index (χ1v) is 14.3. The molecule has 1 saturated carbocycles. The van der Waals surface area contributed by atoms with Crippen LogP contribution in [0.25, 0.3) is 22.0 Å².